The first-order chi connectivity index (χ1) is 4.91. The van der Waals surface area contributed by atoms with Gasteiger partial charge in [0, 0.05) is 0 Å². The maximum Gasteiger partial charge on any atom is 0.0822 e. The summed E-state index contributed by atoms with van der Waals surface area (Å²) in [5, 5.41) is 0. The van der Waals surface area contributed by atoms with Crippen LogP contribution < -0.4 is 0 Å². The van der Waals surface area contributed by atoms with Crippen molar-refractivity contribution in [1.29, 1.82) is 0 Å². The zero-order valence-electron chi connectivity index (χ0n) is 7.06. The molecule has 2 nitrogen and oxygen atoms in total. The van der Waals surface area contributed by atoms with Gasteiger partial charge in [0.25, 0.3) is 0 Å². The lowest BCUT2D eigenvalue weighted by Gasteiger charge is -1.99. The smallest absolute Gasteiger partial charge is 0.0822 e. The molecular formula is C8H18O2. The second-order valence-electron chi connectivity index (χ2n) is 2.29. The van der Waals surface area contributed by atoms with Crippen molar-refractivity contribution in [2.45, 2.75) is 39.5 Å². The summed E-state index contributed by atoms with van der Waals surface area (Å²) >= 11 is 0. The van der Waals surface area contributed by atoms with Crippen molar-refractivity contribution in [2.75, 3.05) is 13.2 Å². The van der Waals surface area contributed by atoms with Gasteiger partial charge in [0.05, 0.1) is 13.2 Å². The zero-order chi connectivity index (χ0) is 7.66. The van der Waals surface area contributed by atoms with Gasteiger partial charge >= 0.3 is 0 Å². The Hall–Kier alpha value is -0.0800. The van der Waals surface area contributed by atoms with Crippen LogP contribution in [0.4, 0.5) is 0 Å². The molecule has 0 spiro atoms. The summed E-state index contributed by atoms with van der Waals surface area (Å²) in [6.07, 6.45) is 4.95. The summed E-state index contributed by atoms with van der Waals surface area (Å²) < 4.78 is 0. The van der Waals surface area contributed by atoms with E-state index >= 15 is 0 Å². The quantitative estimate of drug-likeness (QED) is 0.312. The predicted molar refractivity (Wildman–Crippen MR) is 41.7 cm³/mol. The highest BCUT2D eigenvalue weighted by Gasteiger charge is 1.87. The molecule has 0 saturated heterocycles. The van der Waals surface area contributed by atoms with Gasteiger partial charge in [0.2, 0.25) is 0 Å². The lowest BCUT2D eigenvalue weighted by atomic mass is 10.2. The van der Waals surface area contributed by atoms with E-state index in [-0.39, 0.29) is 0 Å². The van der Waals surface area contributed by atoms with E-state index in [4.69, 9.17) is 9.78 Å². The van der Waals surface area contributed by atoms with E-state index in [9.17, 15) is 0 Å². The molecule has 0 fully saturated rings. The number of hydrogen-bond acceptors (Lipinski definition) is 2. The van der Waals surface area contributed by atoms with E-state index in [2.05, 4.69) is 6.92 Å². The molecule has 0 bridgehead atoms. The molecule has 62 valence electrons. The summed E-state index contributed by atoms with van der Waals surface area (Å²) in [5.41, 5.74) is 0. The molecule has 0 aromatic carbocycles. The first-order valence-electron chi connectivity index (χ1n) is 4.16. The highest BCUT2D eigenvalue weighted by Crippen LogP contribution is 1.98. The van der Waals surface area contributed by atoms with E-state index in [1.54, 1.807) is 0 Å². The summed E-state index contributed by atoms with van der Waals surface area (Å²) in [7, 11) is 0. The molecule has 0 atom stereocenters. The highest BCUT2D eigenvalue weighted by molar-refractivity contribution is 4.36. The third kappa shape index (κ3) is 7.92. The van der Waals surface area contributed by atoms with E-state index < -0.39 is 0 Å². The average molecular weight is 146 g/mol. The molecule has 0 aliphatic rings. The molecule has 0 heterocycles. The van der Waals surface area contributed by atoms with Gasteiger partial charge in [-0.25, -0.2) is 9.78 Å². The van der Waals surface area contributed by atoms with E-state index in [1.807, 2.05) is 6.92 Å². The molecule has 0 aromatic heterocycles. The van der Waals surface area contributed by atoms with Crippen molar-refractivity contribution in [2.24, 2.45) is 0 Å². The summed E-state index contributed by atoms with van der Waals surface area (Å²) in [6.45, 7) is 5.51. The molecule has 0 aromatic rings. The van der Waals surface area contributed by atoms with Gasteiger partial charge in [-0.15, -0.1) is 0 Å². The van der Waals surface area contributed by atoms with Gasteiger partial charge in [-0.3, -0.25) is 0 Å². The second kappa shape index (κ2) is 8.92. The van der Waals surface area contributed by atoms with Crippen LogP contribution in [0.25, 0.3) is 0 Å². The Balaban J connectivity index is 2.65. The van der Waals surface area contributed by atoms with Crippen molar-refractivity contribution in [3.63, 3.8) is 0 Å². The van der Waals surface area contributed by atoms with Crippen LogP contribution in [-0.4, -0.2) is 13.2 Å². The fourth-order valence-electron chi connectivity index (χ4n) is 0.730. The van der Waals surface area contributed by atoms with Gasteiger partial charge in [-0.1, -0.05) is 26.2 Å². The maximum absolute atomic E-state index is 4.83. The van der Waals surface area contributed by atoms with Crippen LogP contribution in [0.2, 0.25) is 0 Å². The molecule has 0 radical (unpaired) electrons. The summed E-state index contributed by atoms with van der Waals surface area (Å²) in [4.78, 5) is 9.54. The minimum Gasteiger partial charge on any atom is -0.237 e. The van der Waals surface area contributed by atoms with Crippen molar-refractivity contribution in [3.05, 3.63) is 0 Å². The van der Waals surface area contributed by atoms with Crippen LogP contribution in [0, 0.1) is 0 Å². The predicted octanol–water partition coefficient (Wildman–Crippen LogP) is 2.53. The Morgan fingerprint density at radius 3 is 2.30 bits per heavy atom. The van der Waals surface area contributed by atoms with Crippen LogP contribution in [0.15, 0.2) is 0 Å². The normalized spacial score (nSPS) is 10.2. The van der Waals surface area contributed by atoms with Crippen LogP contribution in [0.5, 0.6) is 0 Å². The Morgan fingerprint density at radius 2 is 1.70 bits per heavy atom. The molecule has 0 amide bonds. The van der Waals surface area contributed by atoms with Gasteiger partial charge in [-0.05, 0) is 13.3 Å². The highest BCUT2D eigenvalue weighted by atomic mass is 17.2. The van der Waals surface area contributed by atoms with Crippen molar-refractivity contribution in [3.8, 4) is 0 Å². The monoisotopic (exact) mass is 146 g/mol. The fraction of sp³-hybridized carbons (Fsp3) is 1.00. The molecule has 0 aliphatic carbocycles. The summed E-state index contributed by atoms with van der Waals surface area (Å²) in [5.74, 6) is 0. The van der Waals surface area contributed by atoms with Crippen molar-refractivity contribution in [1.82, 2.24) is 0 Å². The van der Waals surface area contributed by atoms with E-state index in [0.29, 0.717) is 6.61 Å². The topological polar surface area (TPSA) is 18.5 Å². The Kier molecular flexibility index (Phi) is 8.85. The number of unbranched alkanes of at least 4 members (excludes halogenated alkanes) is 3. The third-order valence-electron chi connectivity index (χ3n) is 1.28. The van der Waals surface area contributed by atoms with Crippen LogP contribution >= 0.6 is 0 Å². The summed E-state index contributed by atoms with van der Waals surface area (Å²) in [6, 6.07) is 0. The van der Waals surface area contributed by atoms with Crippen LogP contribution in [0.3, 0.4) is 0 Å². The molecular weight excluding hydrogens is 128 g/mol. The zero-order valence-corrected chi connectivity index (χ0v) is 7.06. The van der Waals surface area contributed by atoms with Crippen molar-refractivity contribution >= 4 is 0 Å². The minimum atomic E-state index is 0.647. The number of rotatable bonds is 7. The standard InChI is InChI=1S/C8H18O2/c1-3-5-6-7-8-10-9-4-2/h3-8H2,1-2H3. The van der Waals surface area contributed by atoms with E-state index in [0.717, 1.165) is 13.0 Å². The maximum atomic E-state index is 4.83. The van der Waals surface area contributed by atoms with Crippen LogP contribution in [-0.2, 0) is 9.78 Å². The van der Waals surface area contributed by atoms with Gasteiger partial charge in [-0.2, -0.15) is 0 Å². The molecule has 10 heavy (non-hydrogen) atoms. The first kappa shape index (κ1) is 9.92. The Bertz CT molecular complexity index is 47.2. The minimum absolute atomic E-state index is 0.647. The van der Waals surface area contributed by atoms with Gasteiger partial charge < -0.3 is 0 Å². The first-order valence-corrected chi connectivity index (χ1v) is 4.16. The molecule has 0 saturated carbocycles. The Morgan fingerprint density at radius 1 is 0.900 bits per heavy atom. The van der Waals surface area contributed by atoms with E-state index in [1.165, 1.54) is 19.3 Å². The van der Waals surface area contributed by atoms with Gasteiger partial charge in [0.15, 0.2) is 0 Å². The molecule has 0 rings (SSSR count). The molecule has 0 N–H and O–H groups in total. The molecule has 2 heteroatoms. The van der Waals surface area contributed by atoms with Gasteiger partial charge in [0.1, 0.15) is 0 Å². The third-order valence-corrected chi connectivity index (χ3v) is 1.28. The average Bonchev–Trinajstić information content (AvgIpc) is 1.97. The van der Waals surface area contributed by atoms with Crippen LogP contribution in [0.1, 0.15) is 39.5 Å². The largest absolute Gasteiger partial charge is 0.237 e. The number of hydrogen-bond donors (Lipinski definition) is 0. The molecule has 0 aliphatic heterocycles. The fourth-order valence-corrected chi connectivity index (χ4v) is 0.730. The lowest BCUT2D eigenvalue weighted by molar-refractivity contribution is -0.291. The lowest BCUT2D eigenvalue weighted by Crippen LogP contribution is -1.95. The Labute approximate surface area is 63.5 Å². The molecule has 0 unspecified atom stereocenters. The van der Waals surface area contributed by atoms with Crippen molar-refractivity contribution < 1.29 is 9.78 Å². The SMILES string of the molecule is CCCCCCOOCC. The second-order valence-corrected chi connectivity index (χ2v) is 2.29.